The second-order valence-electron chi connectivity index (χ2n) is 7.39. The Morgan fingerprint density at radius 1 is 1.06 bits per heavy atom. The van der Waals surface area contributed by atoms with E-state index in [0.29, 0.717) is 12.5 Å². The van der Waals surface area contributed by atoms with Crippen molar-refractivity contribution in [2.45, 2.75) is 51.0 Å². The molecule has 0 aromatic rings. The normalized spacial score (nSPS) is 49.9. The number of hydrogen-bond acceptors (Lipinski definition) is 2. The van der Waals surface area contributed by atoms with Crippen molar-refractivity contribution in [2.75, 3.05) is 13.1 Å². The zero-order valence-electron chi connectivity index (χ0n) is 11.0. The molecule has 1 aliphatic heterocycles. The van der Waals surface area contributed by atoms with E-state index < -0.39 is 0 Å². The number of carbonyl (C=O) groups excluding carboxylic acids is 1. The summed E-state index contributed by atoms with van der Waals surface area (Å²) in [4.78, 5) is 14.8. The number of β-amino-alcohol motifs (C(OH)–C–C–N with tert-alkyl or cyclic N) is 1. The predicted molar refractivity (Wildman–Crippen MR) is 67.8 cm³/mol. The summed E-state index contributed by atoms with van der Waals surface area (Å²) in [7, 11) is 0. The number of nitrogens with zero attached hydrogens (tertiary/aromatic N) is 1. The first-order chi connectivity index (χ1) is 8.64. The lowest BCUT2D eigenvalue weighted by Gasteiger charge is -2.56. The summed E-state index contributed by atoms with van der Waals surface area (Å²) in [5.41, 5.74) is -0.0151. The third kappa shape index (κ3) is 1.56. The van der Waals surface area contributed by atoms with E-state index in [1.165, 1.54) is 19.3 Å². The second-order valence-corrected chi connectivity index (χ2v) is 7.39. The third-order valence-corrected chi connectivity index (χ3v) is 5.94. The quantitative estimate of drug-likeness (QED) is 0.770. The first-order valence-corrected chi connectivity index (χ1v) is 7.62. The Morgan fingerprint density at radius 2 is 1.61 bits per heavy atom. The lowest BCUT2D eigenvalue weighted by molar-refractivity contribution is -0.156. The van der Waals surface area contributed by atoms with Crippen molar-refractivity contribution in [3.63, 3.8) is 0 Å². The molecule has 1 amide bonds. The van der Waals surface area contributed by atoms with E-state index in [4.69, 9.17) is 0 Å². The van der Waals surface area contributed by atoms with Crippen LogP contribution in [0.5, 0.6) is 0 Å². The van der Waals surface area contributed by atoms with E-state index in [0.717, 1.165) is 50.0 Å². The van der Waals surface area contributed by atoms with Gasteiger partial charge in [0.05, 0.1) is 11.5 Å². The lowest BCUT2D eigenvalue weighted by Crippen LogP contribution is -2.54. The predicted octanol–water partition coefficient (Wildman–Crippen LogP) is 1.80. The molecular weight excluding hydrogens is 226 g/mol. The van der Waals surface area contributed by atoms with Gasteiger partial charge in [0.2, 0.25) is 5.91 Å². The van der Waals surface area contributed by atoms with Crippen LogP contribution in [0.3, 0.4) is 0 Å². The largest absolute Gasteiger partial charge is 0.391 e. The van der Waals surface area contributed by atoms with Gasteiger partial charge in [-0.25, -0.2) is 0 Å². The first kappa shape index (κ1) is 11.3. The zero-order chi connectivity index (χ0) is 12.3. The number of rotatable bonds is 1. The maximum Gasteiger partial charge on any atom is 0.228 e. The molecule has 18 heavy (non-hydrogen) atoms. The van der Waals surface area contributed by atoms with Crippen molar-refractivity contribution in [3.05, 3.63) is 0 Å². The number of carbonyl (C=O) groups is 1. The van der Waals surface area contributed by atoms with Crippen LogP contribution in [0.25, 0.3) is 0 Å². The average Bonchev–Trinajstić information content (AvgIpc) is 2.73. The Balaban J connectivity index is 1.58. The average molecular weight is 249 g/mol. The Hall–Kier alpha value is -0.570. The van der Waals surface area contributed by atoms with Crippen molar-refractivity contribution in [3.8, 4) is 0 Å². The van der Waals surface area contributed by atoms with Crippen LogP contribution in [0, 0.1) is 23.2 Å². The van der Waals surface area contributed by atoms with Gasteiger partial charge in [0.1, 0.15) is 0 Å². The minimum atomic E-state index is -0.275. The van der Waals surface area contributed by atoms with Crippen molar-refractivity contribution in [1.82, 2.24) is 4.90 Å². The maximum atomic E-state index is 12.9. The molecule has 4 aliphatic carbocycles. The second kappa shape index (κ2) is 3.72. The van der Waals surface area contributed by atoms with Gasteiger partial charge >= 0.3 is 0 Å². The van der Waals surface area contributed by atoms with Crippen LogP contribution in [-0.2, 0) is 4.79 Å². The third-order valence-electron chi connectivity index (χ3n) is 5.94. The van der Waals surface area contributed by atoms with Gasteiger partial charge in [-0.2, -0.15) is 0 Å². The summed E-state index contributed by atoms with van der Waals surface area (Å²) in [6.45, 7) is 1.36. The van der Waals surface area contributed by atoms with E-state index in [2.05, 4.69) is 0 Å². The van der Waals surface area contributed by atoms with Crippen molar-refractivity contribution >= 4 is 5.91 Å². The van der Waals surface area contributed by atoms with Gasteiger partial charge in [0, 0.05) is 13.1 Å². The molecule has 1 unspecified atom stereocenters. The summed E-state index contributed by atoms with van der Waals surface area (Å²) in [5, 5.41) is 9.64. The summed E-state index contributed by atoms with van der Waals surface area (Å²) < 4.78 is 0. The van der Waals surface area contributed by atoms with Crippen LogP contribution in [-0.4, -0.2) is 35.1 Å². The Kier molecular flexibility index (Phi) is 2.33. The van der Waals surface area contributed by atoms with Gasteiger partial charge < -0.3 is 10.0 Å². The standard InChI is InChI=1S/C15H23NO2/c17-13-1-2-16(9-13)14(18)15-6-10-3-11(7-15)5-12(4-10)8-15/h10-13,17H,1-9H2. The first-order valence-electron chi connectivity index (χ1n) is 7.62. The molecule has 1 N–H and O–H groups in total. The molecule has 0 radical (unpaired) electrons. The molecule has 3 heteroatoms. The van der Waals surface area contributed by atoms with E-state index in [9.17, 15) is 9.90 Å². The van der Waals surface area contributed by atoms with Gasteiger partial charge in [-0.1, -0.05) is 0 Å². The van der Waals surface area contributed by atoms with Crippen LogP contribution < -0.4 is 0 Å². The number of hydrogen-bond donors (Lipinski definition) is 1. The monoisotopic (exact) mass is 249 g/mol. The molecule has 0 spiro atoms. The van der Waals surface area contributed by atoms with Crippen molar-refractivity contribution < 1.29 is 9.90 Å². The smallest absolute Gasteiger partial charge is 0.228 e. The van der Waals surface area contributed by atoms with Gasteiger partial charge in [-0.3, -0.25) is 4.79 Å². The fraction of sp³-hybridized carbons (Fsp3) is 0.933. The fourth-order valence-electron chi connectivity index (χ4n) is 5.63. The molecular formula is C15H23NO2. The van der Waals surface area contributed by atoms with E-state index in [1.54, 1.807) is 0 Å². The summed E-state index contributed by atoms with van der Waals surface area (Å²) in [6.07, 6.45) is 8.08. The highest BCUT2D eigenvalue weighted by atomic mass is 16.3. The maximum absolute atomic E-state index is 12.9. The van der Waals surface area contributed by atoms with Crippen LogP contribution in [0.2, 0.25) is 0 Å². The number of amides is 1. The topological polar surface area (TPSA) is 40.5 Å². The highest BCUT2D eigenvalue weighted by Gasteiger charge is 2.55. The molecule has 0 aromatic heterocycles. The van der Waals surface area contributed by atoms with E-state index in [1.807, 2.05) is 4.90 Å². The Bertz CT molecular complexity index is 343. The molecule has 5 rings (SSSR count). The Labute approximate surface area is 109 Å². The fourth-order valence-corrected chi connectivity index (χ4v) is 5.63. The molecule has 0 aromatic carbocycles. The van der Waals surface area contributed by atoms with Crippen molar-refractivity contribution in [2.24, 2.45) is 23.2 Å². The summed E-state index contributed by atoms with van der Waals surface area (Å²) in [5.74, 6) is 2.87. The minimum Gasteiger partial charge on any atom is -0.391 e. The highest BCUT2D eigenvalue weighted by molar-refractivity contribution is 5.83. The van der Waals surface area contributed by atoms with Crippen LogP contribution in [0.1, 0.15) is 44.9 Å². The molecule has 5 aliphatic rings. The van der Waals surface area contributed by atoms with Crippen LogP contribution >= 0.6 is 0 Å². The van der Waals surface area contributed by atoms with Crippen molar-refractivity contribution in [1.29, 1.82) is 0 Å². The van der Waals surface area contributed by atoms with Crippen LogP contribution in [0.4, 0.5) is 0 Å². The summed E-state index contributed by atoms with van der Waals surface area (Å²) in [6, 6.07) is 0. The Morgan fingerprint density at radius 3 is 2.06 bits per heavy atom. The zero-order valence-corrected chi connectivity index (χ0v) is 11.0. The molecule has 5 fully saturated rings. The minimum absolute atomic E-state index is 0.0151. The van der Waals surface area contributed by atoms with Gasteiger partial charge in [0.15, 0.2) is 0 Å². The number of aliphatic hydroxyl groups is 1. The molecule has 4 bridgehead atoms. The summed E-state index contributed by atoms with van der Waals surface area (Å²) >= 11 is 0. The van der Waals surface area contributed by atoms with E-state index in [-0.39, 0.29) is 11.5 Å². The molecule has 1 saturated heterocycles. The number of likely N-dealkylation sites (tertiary alicyclic amines) is 1. The molecule has 1 atom stereocenters. The SMILES string of the molecule is O=C(N1CCC(O)C1)C12CC3CC(CC(C3)C1)C2. The highest BCUT2D eigenvalue weighted by Crippen LogP contribution is 2.60. The van der Waals surface area contributed by atoms with E-state index >= 15 is 0 Å². The molecule has 100 valence electrons. The number of aliphatic hydroxyl groups excluding tert-OH is 1. The van der Waals surface area contributed by atoms with Gasteiger partial charge in [-0.15, -0.1) is 0 Å². The van der Waals surface area contributed by atoms with Gasteiger partial charge in [-0.05, 0) is 62.7 Å². The lowest BCUT2D eigenvalue weighted by atomic mass is 9.49. The molecule has 4 saturated carbocycles. The molecule has 3 nitrogen and oxygen atoms in total. The van der Waals surface area contributed by atoms with Gasteiger partial charge in [0.25, 0.3) is 0 Å². The van der Waals surface area contributed by atoms with Crippen LogP contribution in [0.15, 0.2) is 0 Å². The molecule has 1 heterocycles.